The summed E-state index contributed by atoms with van der Waals surface area (Å²) in [4.78, 5) is 4.61. The van der Waals surface area contributed by atoms with E-state index >= 15 is 0 Å². The summed E-state index contributed by atoms with van der Waals surface area (Å²) in [6.07, 6.45) is 0. The number of thiazole rings is 1. The van der Waals surface area contributed by atoms with Crippen LogP contribution in [-0.2, 0) is 0 Å². The predicted molar refractivity (Wildman–Crippen MR) is 75.9 cm³/mol. The Morgan fingerprint density at radius 2 is 1.94 bits per heavy atom. The average molecular weight is 242 g/mol. The number of nitrogens with zero attached hydrogens (tertiary/aromatic N) is 1. The molecule has 0 fully saturated rings. The van der Waals surface area contributed by atoms with E-state index < -0.39 is 0 Å². The van der Waals surface area contributed by atoms with Gasteiger partial charge in [0.1, 0.15) is 0 Å². The summed E-state index contributed by atoms with van der Waals surface area (Å²) in [6.45, 7) is 4.26. The number of hydrogen-bond donors (Lipinski definition) is 1. The zero-order valence-corrected chi connectivity index (χ0v) is 10.7. The number of benzene rings is 2. The van der Waals surface area contributed by atoms with Crippen molar-refractivity contribution in [1.29, 1.82) is 0 Å². The maximum atomic E-state index is 4.61. The predicted octanol–water partition coefficient (Wildman–Crippen LogP) is 4.27. The van der Waals surface area contributed by atoms with Gasteiger partial charge in [0.15, 0.2) is 5.13 Å². The fourth-order valence-corrected chi connectivity index (χ4v) is 3.11. The number of nitrogens with one attached hydrogen (secondary N) is 1. The molecule has 0 atom stereocenters. The van der Waals surface area contributed by atoms with E-state index in [2.05, 4.69) is 60.5 Å². The molecule has 17 heavy (non-hydrogen) atoms. The van der Waals surface area contributed by atoms with Gasteiger partial charge in [-0.2, -0.15) is 0 Å². The number of hydrogen-bond acceptors (Lipinski definition) is 3. The average Bonchev–Trinajstić information content (AvgIpc) is 2.70. The number of fused-ring (bicyclic) bond motifs is 3. The van der Waals surface area contributed by atoms with Crippen molar-refractivity contribution in [3.63, 3.8) is 0 Å². The van der Waals surface area contributed by atoms with Crippen LogP contribution in [0.2, 0.25) is 0 Å². The van der Waals surface area contributed by atoms with Gasteiger partial charge in [0.2, 0.25) is 0 Å². The van der Waals surface area contributed by atoms with Crippen LogP contribution in [0.15, 0.2) is 36.4 Å². The van der Waals surface area contributed by atoms with Gasteiger partial charge in [0.25, 0.3) is 0 Å². The van der Waals surface area contributed by atoms with Crippen molar-refractivity contribution in [2.75, 3.05) is 5.32 Å². The zero-order chi connectivity index (χ0) is 11.8. The highest BCUT2D eigenvalue weighted by Crippen LogP contribution is 2.32. The molecule has 2 aromatic carbocycles. The molecular formula is C14H14N2S. The van der Waals surface area contributed by atoms with Crippen molar-refractivity contribution in [2.45, 2.75) is 19.9 Å². The molecule has 3 rings (SSSR count). The number of anilines is 1. The first-order valence-corrected chi connectivity index (χ1v) is 6.60. The molecule has 0 radical (unpaired) electrons. The second kappa shape index (κ2) is 4.00. The van der Waals surface area contributed by atoms with Gasteiger partial charge in [0.05, 0.1) is 10.2 Å². The Bertz CT molecular complexity index is 670. The summed E-state index contributed by atoms with van der Waals surface area (Å²) in [5, 5.41) is 6.94. The van der Waals surface area contributed by atoms with Crippen LogP contribution in [0.5, 0.6) is 0 Å². The molecule has 1 aromatic heterocycles. The van der Waals surface area contributed by atoms with Crippen molar-refractivity contribution in [3.05, 3.63) is 36.4 Å². The molecule has 1 N–H and O–H groups in total. The highest BCUT2D eigenvalue weighted by molar-refractivity contribution is 7.23. The molecular weight excluding hydrogens is 228 g/mol. The second-order valence-electron chi connectivity index (χ2n) is 4.45. The van der Waals surface area contributed by atoms with Gasteiger partial charge in [-0.3, -0.25) is 0 Å². The van der Waals surface area contributed by atoms with Crippen molar-refractivity contribution in [1.82, 2.24) is 4.98 Å². The Morgan fingerprint density at radius 1 is 1.12 bits per heavy atom. The van der Waals surface area contributed by atoms with Crippen molar-refractivity contribution >= 4 is 37.5 Å². The molecule has 0 aliphatic carbocycles. The Hall–Kier alpha value is -1.61. The van der Waals surface area contributed by atoms with Gasteiger partial charge in [0, 0.05) is 11.4 Å². The summed E-state index contributed by atoms with van der Waals surface area (Å²) in [5.74, 6) is 0. The summed E-state index contributed by atoms with van der Waals surface area (Å²) in [6, 6.07) is 13.1. The fourth-order valence-electron chi connectivity index (χ4n) is 1.96. The maximum absolute atomic E-state index is 4.61. The Labute approximate surface area is 104 Å². The molecule has 3 heteroatoms. The highest BCUT2D eigenvalue weighted by atomic mass is 32.1. The molecule has 0 spiro atoms. The van der Waals surface area contributed by atoms with E-state index in [0.29, 0.717) is 6.04 Å². The van der Waals surface area contributed by atoms with Crippen LogP contribution in [-0.4, -0.2) is 11.0 Å². The van der Waals surface area contributed by atoms with Gasteiger partial charge >= 0.3 is 0 Å². The van der Waals surface area contributed by atoms with E-state index in [-0.39, 0.29) is 0 Å². The SMILES string of the molecule is CC(C)Nc1nc2ccc3ccccc3c2s1. The summed E-state index contributed by atoms with van der Waals surface area (Å²) in [5.41, 5.74) is 1.08. The van der Waals surface area contributed by atoms with E-state index in [0.717, 1.165) is 10.6 Å². The lowest BCUT2D eigenvalue weighted by Gasteiger charge is -2.03. The Balaban J connectivity index is 2.24. The van der Waals surface area contributed by atoms with E-state index in [1.165, 1.54) is 15.5 Å². The molecule has 3 aromatic rings. The van der Waals surface area contributed by atoms with E-state index in [4.69, 9.17) is 0 Å². The van der Waals surface area contributed by atoms with Gasteiger partial charge in [-0.1, -0.05) is 41.7 Å². The largest absolute Gasteiger partial charge is 0.359 e. The maximum Gasteiger partial charge on any atom is 0.184 e. The van der Waals surface area contributed by atoms with Crippen LogP contribution in [0.1, 0.15) is 13.8 Å². The van der Waals surface area contributed by atoms with Crippen LogP contribution in [0, 0.1) is 0 Å². The van der Waals surface area contributed by atoms with Gasteiger partial charge in [-0.15, -0.1) is 0 Å². The standard InChI is InChI=1S/C14H14N2S/c1-9(2)15-14-16-12-8-7-10-5-3-4-6-11(10)13(12)17-14/h3-9H,1-2H3,(H,15,16). The van der Waals surface area contributed by atoms with Crippen LogP contribution < -0.4 is 5.32 Å². The number of aromatic nitrogens is 1. The minimum atomic E-state index is 0.418. The topological polar surface area (TPSA) is 24.9 Å². The molecule has 0 amide bonds. The van der Waals surface area contributed by atoms with Gasteiger partial charge in [-0.25, -0.2) is 4.98 Å². The smallest absolute Gasteiger partial charge is 0.184 e. The van der Waals surface area contributed by atoms with E-state index in [9.17, 15) is 0 Å². The molecule has 0 aliphatic heterocycles. The first-order valence-electron chi connectivity index (χ1n) is 5.79. The third kappa shape index (κ3) is 1.87. The second-order valence-corrected chi connectivity index (χ2v) is 5.45. The quantitative estimate of drug-likeness (QED) is 0.726. The van der Waals surface area contributed by atoms with Crippen molar-refractivity contribution < 1.29 is 0 Å². The Kier molecular flexibility index (Phi) is 2.48. The lowest BCUT2D eigenvalue weighted by atomic mass is 10.1. The van der Waals surface area contributed by atoms with Crippen LogP contribution in [0.25, 0.3) is 21.0 Å². The minimum Gasteiger partial charge on any atom is -0.359 e. The fraction of sp³-hybridized carbons (Fsp3) is 0.214. The Morgan fingerprint density at radius 3 is 2.76 bits per heavy atom. The first kappa shape index (κ1) is 10.5. The van der Waals surface area contributed by atoms with Gasteiger partial charge in [-0.05, 0) is 25.3 Å². The zero-order valence-electron chi connectivity index (χ0n) is 9.90. The molecule has 2 nitrogen and oxygen atoms in total. The molecule has 0 unspecified atom stereocenters. The van der Waals surface area contributed by atoms with Crippen molar-refractivity contribution in [2.24, 2.45) is 0 Å². The molecule has 0 saturated heterocycles. The van der Waals surface area contributed by atoms with Crippen LogP contribution in [0.4, 0.5) is 5.13 Å². The normalized spacial score (nSPS) is 11.5. The molecule has 1 heterocycles. The summed E-state index contributed by atoms with van der Waals surface area (Å²) >= 11 is 1.73. The minimum absolute atomic E-state index is 0.418. The summed E-state index contributed by atoms with van der Waals surface area (Å²) in [7, 11) is 0. The highest BCUT2D eigenvalue weighted by Gasteiger charge is 2.07. The lowest BCUT2D eigenvalue weighted by molar-refractivity contribution is 0.897. The number of rotatable bonds is 2. The third-order valence-corrected chi connectivity index (χ3v) is 3.73. The third-order valence-electron chi connectivity index (χ3n) is 2.69. The summed E-state index contributed by atoms with van der Waals surface area (Å²) < 4.78 is 1.27. The van der Waals surface area contributed by atoms with E-state index in [1.807, 2.05) is 0 Å². The van der Waals surface area contributed by atoms with Crippen molar-refractivity contribution in [3.8, 4) is 0 Å². The first-order chi connectivity index (χ1) is 8.24. The molecule has 0 aliphatic rings. The molecule has 86 valence electrons. The monoisotopic (exact) mass is 242 g/mol. The lowest BCUT2D eigenvalue weighted by Crippen LogP contribution is -2.08. The molecule has 0 bridgehead atoms. The van der Waals surface area contributed by atoms with E-state index in [1.54, 1.807) is 11.3 Å². The molecule has 0 saturated carbocycles. The van der Waals surface area contributed by atoms with Gasteiger partial charge < -0.3 is 5.32 Å². The van der Waals surface area contributed by atoms with Crippen LogP contribution in [0.3, 0.4) is 0 Å². The van der Waals surface area contributed by atoms with Crippen LogP contribution >= 0.6 is 11.3 Å².